The Hall–Kier alpha value is -1.83. The van der Waals surface area contributed by atoms with Gasteiger partial charge in [0.2, 0.25) is 0 Å². The molecule has 2 aromatic carbocycles. The normalized spacial score (nSPS) is 12.9. The van der Waals surface area contributed by atoms with Crippen molar-refractivity contribution in [2.45, 2.75) is 44.6 Å². The molecular weight excluding hydrogens is 386 g/mol. The Labute approximate surface area is 165 Å². The minimum absolute atomic E-state index is 0.00820. The van der Waals surface area contributed by atoms with Gasteiger partial charge in [-0.2, -0.15) is 8.42 Å². The molecule has 0 radical (unpaired) electrons. The quantitative estimate of drug-likeness (QED) is 0.517. The standard InChI is InChI=1S/C21H26F2O4S/c1-17-9-11-19(12-10-17)28(24,25)27-14-13-20(2,3)21(22,23)16-26-15-18-7-5-4-6-8-18/h4-12H,13-16H2,1-3H3. The van der Waals surface area contributed by atoms with E-state index in [0.717, 1.165) is 11.1 Å². The predicted molar refractivity (Wildman–Crippen MR) is 104 cm³/mol. The number of ether oxygens (including phenoxy) is 1. The number of benzene rings is 2. The van der Waals surface area contributed by atoms with Gasteiger partial charge in [-0.1, -0.05) is 61.9 Å². The van der Waals surface area contributed by atoms with E-state index in [0.29, 0.717) is 0 Å². The Morgan fingerprint density at radius 2 is 1.57 bits per heavy atom. The van der Waals surface area contributed by atoms with E-state index in [9.17, 15) is 17.2 Å². The smallest absolute Gasteiger partial charge is 0.296 e. The van der Waals surface area contributed by atoms with Gasteiger partial charge in [0, 0.05) is 5.41 Å². The molecule has 0 aliphatic carbocycles. The van der Waals surface area contributed by atoms with E-state index < -0.39 is 28.1 Å². The van der Waals surface area contributed by atoms with Crippen LogP contribution >= 0.6 is 0 Å². The molecule has 0 atom stereocenters. The van der Waals surface area contributed by atoms with Gasteiger partial charge in [0.1, 0.15) is 6.61 Å². The van der Waals surface area contributed by atoms with Crippen LogP contribution in [0.2, 0.25) is 0 Å². The lowest BCUT2D eigenvalue weighted by Crippen LogP contribution is -2.41. The van der Waals surface area contributed by atoms with Crippen molar-refractivity contribution in [2.24, 2.45) is 5.41 Å². The summed E-state index contributed by atoms with van der Waals surface area (Å²) in [6.45, 7) is 3.59. The molecule has 0 aliphatic rings. The summed E-state index contributed by atoms with van der Waals surface area (Å²) >= 11 is 0. The molecule has 4 nitrogen and oxygen atoms in total. The zero-order valence-corrected chi connectivity index (χ0v) is 17.1. The van der Waals surface area contributed by atoms with E-state index in [4.69, 9.17) is 8.92 Å². The number of halogens is 2. The van der Waals surface area contributed by atoms with E-state index in [2.05, 4.69) is 0 Å². The summed E-state index contributed by atoms with van der Waals surface area (Å²) < 4.78 is 63.6. The molecule has 7 heteroatoms. The summed E-state index contributed by atoms with van der Waals surface area (Å²) in [6.07, 6.45) is -0.139. The molecule has 0 bridgehead atoms. The number of alkyl halides is 2. The van der Waals surface area contributed by atoms with E-state index >= 15 is 0 Å². The van der Waals surface area contributed by atoms with Gasteiger partial charge in [0.25, 0.3) is 16.0 Å². The molecule has 0 aliphatic heterocycles. The fraction of sp³-hybridized carbons (Fsp3) is 0.429. The van der Waals surface area contributed by atoms with Crippen molar-refractivity contribution in [3.8, 4) is 0 Å². The summed E-state index contributed by atoms with van der Waals surface area (Å²) in [5, 5.41) is 0. The minimum atomic E-state index is -3.97. The van der Waals surface area contributed by atoms with Crippen molar-refractivity contribution in [3.05, 3.63) is 65.7 Å². The average Bonchev–Trinajstić information content (AvgIpc) is 2.62. The molecule has 0 unspecified atom stereocenters. The van der Waals surface area contributed by atoms with Gasteiger partial charge in [-0.3, -0.25) is 4.18 Å². The van der Waals surface area contributed by atoms with Crippen LogP contribution in [-0.4, -0.2) is 27.6 Å². The SMILES string of the molecule is Cc1ccc(S(=O)(=O)OCCC(C)(C)C(F)(F)COCc2ccccc2)cc1. The lowest BCUT2D eigenvalue weighted by molar-refractivity contribution is -0.160. The molecule has 0 aromatic heterocycles. The monoisotopic (exact) mass is 412 g/mol. The van der Waals surface area contributed by atoms with Crippen LogP contribution in [0, 0.1) is 12.3 Å². The largest absolute Gasteiger partial charge is 0.371 e. The third-order valence-electron chi connectivity index (χ3n) is 4.66. The second-order valence-electron chi connectivity index (χ2n) is 7.41. The molecule has 2 rings (SSSR count). The molecule has 0 saturated carbocycles. The lowest BCUT2D eigenvalue weighted by atomic mass is 9.83. The number of aryl methyl sites for hydroxylation is 1. The van der Waals surface area contributed by atoms with Gasteiger partial charge < -0.3 is 4.74 Å². The maximum absolute atomic E-state index is 14.6. The van der Waals surface area contributed by atoms with Crippen molar-refractivity contribution in [3.63, 3.8) is 0 Å². The van der Waals surface area contributed by atoms with Crippen LogP contribution < -0.4 is 0 Å². The molecule has 0 spiro atoms. The third-order valence-corrected chi connectivity index (χ3v) is 5.99. The summed E-state index contributed by atoms with van der Waals surface area (Å²) in [4.78, 5) is 0.00820. The van der Waals surface area contributed by atoms with Crippen LogP contribution in [0.3, 0.4) is 0 Å². The van der Waals surface area contributed by atoms with Crippen LogP contribution in [0.25, 0.3) is 0 Å². The topological polar surface area (TPSA) is 52.6 Å². The number of rotatable bonds is 10. The van der Waals surface area contributed by atoms with Crippen LogP contribution in [0.4, 0.5) is 8.78 Å². The zero-order chi connectivity index (χ0) is 20.8. The summed E-state index contributed by atoms with van der Waals surface area (Å²) in [5.41, 5.74) is 0.228. The summed E-state index contributed by atoms with van der Waals surface area (Å²) in [5.74, 6) is -3.14. The van der Waals surface area contributed by atoms with Crippen molar-refractivity contribution in [1.82, 2.24) is 0 Å². The Bertz CT molecular complexity index is 848. The first kappa shape index (κ1) is 22.5. The molecular formula is C21H26F2O4S. The Kier molecular flexibility index (Phi) is 7.31. The zero-order valence-electron chi connectivity index (χ0n) is 16.3. The van der Waals surface area contributed by atoms with Gasteiger partial charge in [-0.25, -0.2) is 8.78 Å². The second kappa shape index (κ2) is 9.11. The van der Waals surface area contributed by atoms with Gasteiger partial charge in [-0.15, -0.1) is 0 Å². The highest BCUT2D eigenvalue weighted by Crippen LogP contribution is 2.39. The van der Waals surface area contributed by atoms with Crippen molar-refractivity contribution < 1.29 is 26.1 Å². The molecule has 28 heavy (non-hydrogen) atoms. The molecule has 0 fully saturated rings. The van der Waals surface area contributed by atoms with Gasteiger partial charge in [0.05, 0.1) is 18.1 Å². The molecule has 2 aromatic rings. The van der Waals surface area contributed by atoms with Gasteiger partial charge in [-0.05, 0) is 31.0 Å². The summed E-state index contributed by atoms with van der Waals surface area (Å²) in [6, 6.07) is 15.2. The van der Waals surface area contributed by atoms with E-state index in [1.54, 1.807) is 24.3 Å². The summed E-state index contributed by atoms with van der Waals surface area (Å²) in [7, 11) is -3.97. The number of hydrogen-bond donors (Lipinski definition) is 0. The maximum Gasteiger partial charge on any atom is 0.296 e. The molecule has 0 N–H and O–H groups in total. The van der Waals surface area contributed by atoms with E-state index in [1.165, 1.54) is 26.0 Å². The molecule has 154 valence electrons. The Balaban J connectivity index is 1.87. The fourth-order valence-electron chi connectivity index (χ4n) is 2.43. The minimum Gasteiger partial charge on any atom is -0.371 e. The first-order valence-corrected chi connectivity index (χ1v) is 10.4. The average molecular weight is 412 g/mol. The Morgan fingerprint density at radius 3 is 2.18 bits per heavy atom. The third kappa shape index (κ3) is 6.09. The first-order valence-electron chi connectivity index (χ1n) is 8.99. The predicted octanol–water partition coefficient (Wildman–Crippen LogP) is 4.97. The first-order chi connectivity index (χ1) is 13.0. The highest BCUT2D eigenvalue weighted by atomic mass is 32.2. The fourth-order valence-corrected chi connectivity index (χ4v) is 3.34. The highest BCUT2D eigenvalue weighted by Gasteiger charge is 2.46. The molecule has 0 heterocycles. The van der Waals surface area contributed by atoms with Gasteiger partial charge in [0.15, 0.2) is 0 Å². The van der Waals surface area contributed by atoms with Crippen LogP contribution in [0.1, 0.15) is 31.4 Å². The van der Waals surface area contributed by atoms with Gasteiger partial charge >= 0.3 is 0 Å². The molecule has 0 amide bonds. The Morgan fingerprint density at radius 1 is 0.964 bits per heavy atom. The maximum atomic E-state index is 14.6. The van der Waals surface area contributed by atoms with Crippen molar-refractivity contribution in [2.75, 3.05) is 13.2 Å². The van der Waals surface area contributed by atoms with Crippen molar-refractivity contribution >= 4 is 10.1 Å². The van der Waals surface area contributed by atoms with Crippen LogP contribution in [-0.2, 0) is 25.6 Å². The second-order valence-corrected chi connectivity index (χ2v) is 9.02. The van der Waals surface area contributed by atoms with E-state index in [-0.39, 0.29) is 24.5 Å². The molecule has 0 saturated heterocycles. The van der Waals surface area contributed by atoms with Crippen LogP contribution in [0.5, 0.6) is 0 Å². The van der Waals surface area contributed by atoms with Crippen molar-refractivity contribution in [1.29, 1.82) is 0 Å². The van der Waals surface area contributed by atoms with E-state index in [1.807, 2.05) is 25.1 Å². The highest BCUT2D eigenvalue weighted by molar-refractivity contribution is 7.86. The van der Waals surface area contributed by atoms with Crippen LogP contribution in [0.15, 0.2) is 59.5 Å². The number of hydrogen-bond acceptors (Lipinski definition) is 4. The lowest BCUT2D eigenvalue weighted by Gasteiger charge is -2.33.